The topological polar surface area (TPSA) is 172 Å². The number of hydrazone groups is 2. The van der Waals surface area contributed by atoms with Gasteiger partial charge in [0.25, 0.3) is 0 Å². The average Bonchev–Trinajstić information content (AvgIpc) is 3.32. The van der Waals surface area contributed by atoms with Crippen LogP contribution in [0, 0.1) is 13.8 Å². The molecule has 0 unspecified atom stereocenters. The normalized spacial score (nSPS) is 14.1. The van der Waals surface area contributed by atoms with Crippen LogP contribution in [0.1, 0.15) is 27.9 Å². The number of hydrogen-bond acceptors (Lipinski definition) is 16. The van der Waals surface area contributed by atoms with Crippen LogP contribution in [0.5, 0.6) is 11.8 Å². The summed E-state index contributed by atoms with van der Waals surface area (Å²) in [5.41, 5.74) is 12.2. The Labute approximate surface area is 366 Å². The molecule has 2 saturated heterocycles. The van der Waals surface area contributed by atoms with Gasteiger partial charge in [0, 0.05) is 62.2 Å². The number of ether oxygens (including phenoxy) is 3. The zero-order chi connectivity index (χ0) is 43.1. The zero-order valence-electron chi connectivity index (χ0n) is 35.3. The quantitative estimate of drug-likeness (QED) is 0.0770. The van der Waals surface area contributed by atoms with E-state index in [9.17, 15) is 0 Å². The van der Waals surface area contributed by atoms with Crippen LogP contribution in [-0.2, 0) is 16.0 Å². The van der Waals surface area contributed by atoms with Gasteiger partial charge in [-0.2, -0.15) is 30.1 Å². The van der Waals surface area contributed by atoms with Gasteiger partial charge >= 0.3 is 6.01 Å². The Balaban J connectivity index is 0.000000174. The number of morpholine rings is 2. The van der Waals surface area contributed by atoms with Crippen molar-refractivity contribution in [2.75, 3.05) is 78.6 Å². The van der Waals surface area contributed by atoms with Crippen molar-refractivity contribution >= 4 is 52.6 Å². The number of aromatic nitrogens is 6. The summed E-state index contributed by atoms with van der Waals surface area (Å²) < 4.78 is 17.0. The maximum absolute atomic E-state index is 6.03. The van der Waals surface area contributed by atoms with E-state index in [1.165, 1.54) is 11.1 Å². The van der Waals surface area contributed by atoms with E-state index in [4.69, 9.17) is 14.2 Å². The van der Waals surface area contributed by atoms with Gasteiger partial charge in [-0.05, 0) is 55.3 Å². The summed E-state index contributed by atoms with van der Waals surface area (Å²) in [7, 11) is 0. The SMILES string of the molecule is Cc1cccc(/C=N/Nc2cc(N3CCOCC3)nc(NCc3ccccn3)n2)c1.Cc1cccc(/C=N/Nc2cc(N3CCOCC3)nc(Oc3ccc4cccnc4c3)n2)c1. The maximum Gasteiger partial charge on any atom is 0.325 e. The van der Waals surface area contributed by atoms with Crippen LogP contribution in [-0.4, -0.2) is 94.9 Å². The van der Waals surface area contributed by atoms with Crippen molar-refractivity contribution < 1.29 is 14.2 Å². The van der Waals surface area contributed by atoms with Crippen molar-refractivity contribution in [3.8, 4) is 11.8 Å². The second-order valence-electron chi connectivity index (χ2n) is 14.7. The number of hydrogen-bond donors (Lipinski definition) is 3. The number of nitrogens with one attached hydrogen (secondary N) is 3. The highest BCUT2D eigenvalue weighted by atomic mass is 16.5. The van der Waals surface area contributed by atoms with Crippen molar-refractivity contribution in [1.82, 2.24) is 29.9 Å². The predicted octanol–water partition coefficient (Wildman–Crippen LogP) is 7.48. The van der Waals surface area contributed by atoms with Gasteiger partial charge in [0.15, 0.2) is 11.6 Å². The fourth-order valence-corrected chi connectivity index (χ4v) is 6.73. The van der Waals surface area contributed by atoms with Gasteiger partial charge in [-0.15, -0.1) is 0 Å². The number of anilines is 5. The van der Waals surface area contributed by atoms with E-state index in [1.54, 1.807) is 24.8 Å². The molecule has 16 nitrogen and oxygen atoms in total. The minimum absolute atomic E-state index is 0.238. The Morgan fingerprint density at radius 3 is 1.89 bits per heavy atom. The van der Waals surface area contributed by atoms with Crippen LogP contribution in [0.4, 0.5) is 29.2 Å². The standard InChI is InChI=1S/C25H24N6O2.C22H25N7O/c1-18-4-2-5-19(14-18)17-27-30-23-16-24(31-10-12-32-13-11-31)29-25(28-23)33-21-8-7-20-6-3-9-26-22(20)15-21;1-17-5-4-6-18(13-17)15-25-28-20-14-21(29-9-11-30-12-10-29)27-22(26-20)24-16-19-7-2-3-8-23-19/h2-9,14-17H,10-13H2,1H3,(H,28,29,30);2-8,13-15H,9-12,16H2,1H3,(H2,24,26,27,28)/b27-17+;25-15+. The molecule has 9 rings (SSSR count). The van der Waals surface area contributed by atoms with Gasteiger partial charge in [0.2, 0.25) is 5.95 Å². The maximum atomic E-state index is 6.03. The lowest BCUT2D eigenvalue weighted by atomic mass is 10.2. The molecule has 320 valence electrons. The van der Waals surface area contributed by atoms with Crippen LogP contribution in [0.3, 0.4) is 0 Å². The summed E-state index contributed by atoms with van der Waals surface area (Å²) in [6.45, 7) is 10.4. The molecule has 6 heterocycles. The Bertz CT molecular complexity index is 2630. The van der Waals surface area contributed by atoms with Crippen LogP contribution < -0.4 is 30.7 Å². The highest BCUT2D eigenvalue weighted by Crippen LogP contribution is 2.27. The van der Waals surface area contributed by atoms with E-state index in [1.807, 2.05) is 84.9 Å². The molecule has 16 heteroatoms. The fraction of sp³-hybridized carbons (Fsp3) is 0.234. The first-order valence-electron chi connectivity index (χ1n) is 20.8. The number of fused-ring (bicyclic) bond motifs is 1. The minimum Gasteiger partial charge on any atom is -0.424 e. The molecule has 2 aliphatic heterocycles. The van der Waals surface area contributed by atoms with Crippen LogP contribution in [0.2, 0.25) is 0 Å². The molecular formula is C47H49N13O3. The lowest BCUT2D eigenvalue weighted by molar-refractivity contribution is 0.122. The third kappa shape index (κ3) is 12.5. The van der Waals surface area contributed by atoms with E-state index >= 15 is 0 Å². The summed E-state index contributed by atoms with van der Waals surface area (Å²) >= 11 is 0. The van der Waals surface area contributed by atoms with Crippen LogP contribution in [0.15, 0.2) is 132 Å². The molecular weight excluding hydrogens is 795 g/mol. The van der Waals surface area contributed by atoms with Crippen molar-refractivity contribution in [2.24, 2.45) is 10.2 Å². The van der Waals surface area contributed by atoms with Crippen molar-refractivity contribution in [3.63, 3.8) is 0 Å². The molecule has 63 heavy (non-hydrogen) atoms. The Morgan fingerprint density at radius 1 is 0.619 bits per heavy atom. The molecule has 3 N–H and O–H groups in total. The molecule has 3 aromatic carbocycles. The van der Waals surface area contributed by atoms with Gasteiger partial charge in [-0.1, -0.05) is 71.8 Å². The van der Waals surface area contributed by atoms with Crippen molar-refractivity contribution in [3.05, 3.63) is 150 Å². The van der Waals surface area contributed by atoms with Crippen molar-refractivity contribution in [2.45, 2.75) is 20.4 Å². The van der Waals surface area contributed by atoms with E-state index < -0.39 is 0 Å². The number of benzene rings is 3. The van der Waals surface area contributed by atoms with E-state index in [-0.39, 0.29) is 6.01 Å². The summed E-state index contributed by atoms with van der Waals surface area (Å²) in [6, 6.07) is 35.8. The summed E-state index contributed by atoms with van der Waals surface area (Å²) in [4.78, 5) is 31.5. The molecule has 4 aromatic heterocycles. The van der Waals surface area contributed by atoms with E-state index in [2.05, 4.69) is 104 Å². The fourth-order valence-electron chi connectivity index (χ4n) is 6.73. The highest BCUT2D eigenvalue weighted by Gasteiger charge is 2.17. The molecule has 0 atom stereocenters. The molecule has 7 aromatic rings. The van der Waals surface area contributed by atoms with Crippen LogP contribution >= 0.6 is 0 Å². The van der Waals surface area contributed by atoms with Gasteiger partial charge in [0.1, 0.15) is 17.4 Å². The average molecular weight is 844 g/mol. The first-order valence-corrected chi connectivity index (χ1v) is 20.8. The Morgan fingerprint density at radius 2 is 1.25 bits per heavy atom. The Hall–Kier alpha value is -7.56. The molecule has 0 aliphatic carbocycles. The molecule has 0 spiro atoms. The molecule has 0 bridgehead atoms. The number of rotatable bonds is 13. The van der Waals surface area contributed by atoms with E-state index in [0.29, 0.717) is 56.3 Å². The molecule has 0 saturated carbocycles. The van der Waals surface area contributed by atoms with E-state index in [0.717, 1.165) is 65.5 Å². The summed E-state index contributed by atoms with van der Waals surface area (Å²) in [5.74, 6) is 3.91. The minimum atomic E-state index is 0.238. The largest absolute Gasteiger partial charge is 0.424 e. The first-order chi connectivity index (χ1) is 31.0. The molecule has 2 fully saturated rings. The third-order valence-corrected chi connectivity index (χ3v) is 9.88. The monoisotopic (exact) mass is 843 g/mol. The highest BCUT2D eigenvalue weighted by molar-refractivity contribution is 5.81. The lowest BCUT2D eigenvalue weighted by Gasteiger charge is -2.28. The first kappa shape index (κ1) is 42.1. The smallest absolute Gasteiger partial charge is 0.325 e. The third-order valence-electron chi connectivity index (χ3n) is 9.88. The van der Waals surface area contributed by atoms with Gasteiger partial charge < -0.3 is 29.3 Å². The Kier molecular flexibility index (Phi) is 14.2. The number of aryl methyl sites for hydroxylation is 2. The molecule has 2 aliphatic rings. The summed E-state index contributed by atoms with van der Waals surface area (Å²) in [6.07, 6.45) is 7.08. The second kappa shape index (κ2) is 21.3. The summed E-state index contributed by atoms with van der Waals surface area (Å²) in [5, 5.41) is 13.0. The number of nitrogens with zero attached hydrogens (tertiary/aromatic N) is 10. The molecule has 0 radical (unpaired) electrons. The molecule has 0 amide bonds. The second-order valence-corrected chi connectivity index (χ2v) is 14.7. The zero-order valence-corrected chi connectivity index (χ0v) is 35.3. The predicted molar refractivity (Wildman–Crippen MR) is 248 cm³/mol. The lowest BCUT2D eigenvalue weighted by Crippen LogP contribution is -2.37. The van der Waals surface area contributed by atoms with Crippen molar-refractivity contribution in [1.29, 1.82) is 0 Å². The van der Waals surface area contributed by atoms with Gasteiger partial charge in [-0.3, -0.25) is 20.8 Å². The van der Waals surface area contributed by atoms with Gasteiger partial charge in [0.05, 0.1) is 56.6 Å². The number of pyridine rings is 2. The van der Waals surface area contributed by atoms with Gasteiger partial charge in [-0.25, -0.2) is 0 Å². The van der Waals surface area contributed by atoms with Crippen LogP contribution in [0.25, 0.3) is 10.9 Å².